The molecule has 1 aromatic heterocycles. The Morgan fingerprint density at radius 2 is 1.90 bits per heavy atom. The minimum absolute atomic E-state index is 0.181. The van der Waals surface area contributed by atoms with Crippen LogP contribution < -0.4 is 14.9 Å². The quantitative estimate of drug-likeness (QED) is 0.534. The van der Waals surface area contributed by atoms with E-state index >= 15 is 0 Å². The van der Waals surface area contributed by atoms with Crippen LogP contribution in [0.25, 0.3) is 6.08 Å². The van der Waals surface area contributed by atoms with Crippen LogP contribution in [0.1, 0.15) is 30.5 Å². The van der Waals surface area contributed by atoms with E-state index in [1.54, 1.807) is 4.57 Å². The smallest absolute Gasteiger partial charge is 0.338 e. The SMILES string of the molecule is CCC1=C(C(=O)OC)[C@H](c2ccccc2)n2c(s/c(=C\c3ccccc3Br)c2=O)=N1. The molecule has 0 aliphatic carbocycles. The summed E-state index contributed by atoms with van der Waals surface area (Å²) >= 11 is 4.85. The minimum atomic E-state index is -0.578. The number of hydrogen-bond acceptors (Lipinski definition) is 5. The fourth-order valence-corrected chi connectivity index (χ4v) is 4.96. The van der Waals surface area contributed by atoms with E-state index in [2.05, 4.69) is 20.9 Å². The number of nitrogens with zero attached hydrogens (tertiary/aromatic N) is 2. The molecular weight excluding hydrogens is 464 g/mol. The van der Waals surface area contributed by atoms with Crippen molar-refractivity contribution in [2.75, 3.05) is 7.11 Å². The van der Waals surface area contributed by atoms with Crippen molar-refractivity contribution in [2.45, 2.75) is 19.4 Å². The van der Waals surface area contributed by atoms with Crippen LogP contribution in [0, 0.1) is 0 Å². The first-order valence-electron chi connectivity index (χ1n) is 9.47. The van der Waals surface area contributed by atoms with Gasteiger partial charge in [0.25, 0.3) is 5.56 Å². The van der Waals surface area contributed by atoms with Crippen LogP contribution >= 0.6 is 27.3 Å². The van der Waals surface area contributed by atoms with E-state index in [4.69, 9.17) is 4.74 Å². The van der Waals surface area contributed by atoms with Crippen LogP contribution in [-0.4, -0.2) is 17.6 Å². The second kappa shape index (κ2) is 8.53. The molecule has 5 nitrogen and oxygen atoms in total. The van der Waals surface area contributed by atoms with E-state index in [0.717, 1.165) is 15.6 Å². The lowest BCUT2D eigenvalue weighted by Crippen LogP contribution is -2.40. The molecule has 0 unspecified atom stereocenters. The lowest BCUT2D eigenvalue weighted by atomic mass is 9.95. The van der Waals surface area contributed by atoms with E-state index < -0.39 is 12.0 Å². The van der Waals surface area contributed by atoms with Crippen LogP contribution in [-0.2, 0) is 9.53 Å². The summed E-state index contributed by atoms with van der Waals surface area (Å²) in [4.78, 5) is 31.4. The number of halogens is 1. The van der Waals surface area contributed by atoms with Crippen molar-refractivity contribution in [2.24, 2.45) is 4.99 Å². The number of hydrogen-bond donors (Lipinski definition) is 0. The fourth-order valence-electron chi connectivity index (χ4n) is 3.55. The molecule has 1 aliphatic heterocycles. The van der Waals surface area contributed by atoms with Gasteiger partial charge >= 0.3 is 5.97 Å². The van der Waals surface area contributed by atoms with E-state index in [-0.39, 0.29) is 5.56 Å². The van der Waals surface area contributed by atoms with Gasteiger partial charge in [-0.15, -0.1) is 0 Å². The molecule has 7 heteroatoms. The van der Waals surface area contributed by atoms with Crippen molar-refractivity contribution in [3.63, 3.8) is 0 Å². The highest BCUT2D eigenvalue weighted by molar-refractivity contribution is 9.10. The average molecular weight is 483 g/mol. The number of methoxy groups -OCH3 is 1. The van der Waals surface area contributed by atoms with Gasteiger partial charge in [-0.05, 0) is 29.7 Å². The van der Waals surface area contributed by atoms with Gasteiger partial charge in [-0.2, -0.15) is 0 Å². The minimum Gasteiger partial charge on any atom is -0.466 e. The van der Waals surface area contributed by atoms with Gasteiger partial charge in [0.1, 0.15) is 0 Å². The van der Waals surface area contributed by atoms with Crippen molar-refractivity contribution in [1.82, 2.24) is 4.57 Å². The topological polar surface area (TPSA) is 60.7 Å². The number of rotatable bonds is 4. The van der Waals surface area contributed by atoms with Gasteiger partial charge < -0.3 is 4.74 Å². The van der Waals surface area contributed by atoms with Crippen LogP contribution in [0.3, 0.4) is 0 Å². The highest BCUT2D eigenvalue weighted by Crippen LogP contribution is 2.31. The predicted molar refractivity (Wildman–Crippen MR) is 121 cm³/mol. The van der Waals surface area contributed by atoms with Crippen molar-refractivity contribution >= 4 is 39.3 Å². The molecule has 0 amide bonds. The van der Waals surface area contributed by atoms with Gasteiger partial charge in [-0.3, -0.25) is 9.36 Å². The normalized spacial score (nSPS) is 16.2. The molecule has 0 spiro atoms. The first-order valence-corrected chi connectivity index (χ1v) is 11.1. The maximum Gasteiger partial charge on any atom is 0.338 e. The second-order valence-electron chi connectivity index (χ2n) is 6.72. The van der Waals surface area contributed by atoms with Gasteiger partial charge in [0.15, 0.2) is 4.80 Å². The van der Waals surface area contributed by atoms with Crippen LogP contribution in [0.2, 0.25) is 0 Å². The van der Waals surface area contributed by atoms with E-state index in [0.29, 0.717) is 27.0 Å². The Morgan fingerprint density at radius 1 is 1.20 bits per heavy atom. The van der Waals surface area contributed by atoms with Crippen LogP contribution in [0.4, 0.5) is 0 Å². The number of aromatic nitrogens is 1. The Kier molecular flexibility index (Phi) is 5.83. The van der Waals surface area contributed by atoms with Crippen molar-refractivity contribution in [3.05, 3.63) is 101 Å². The summed E-state index contributed by atoms with van der Waals surface area (Å²) < 4.78 is 8.13. The molecule has 0 bridgehead atoms. The standard InChI is InChI=1S/C23H19BrN2O3S/c1-3-17-19(22(28)29-2)20(14-9-5-4-6-10-14)26-21(27)18(30-23(26)25-17)13-15-11-7-8-12-16(15)24/h4-13,20H,3H2,1-2H3/b18-13-/t20-/m0/s1. The summed E-state index contributed by atoms with van der Waals surface area (Å²) in [7, 11) is 1.35. The van der Waals surface area contributed by atoms with Gasteiger partial charge in [-0.25, -0.2) is 9.79 Å². The van der Waals surface area contributed by atoms with E-state index in [1.165, 1.54) is 18.4 Å². The van der Waals surface area contributed by atoms with Crippen molar-refractivity contribution < 1.29 is 9.53 Å². The zero-order chi connectivity index (χ0) is 21.3. The zero-order valence-electron chi connectivity index (χ0n) is 16.5. The summed E-state index contributed by atoms with van der Waals surface area (Å²) in [5.74, 6) is -0.468. The summed E-state index contributed by atoms with van der Waals surface area (Å²) in [5, 5.41) is 0. The number of esters is 1. The maximum absolute atomic E-state index is 13.5. The third kappa shape index (κ3) is 3.59. The Labute approximate surface area is 185 Å². The molecule has 2 heterocycles. The molecule has 0 N–H and O–H groups in total. The molecule has 0 fully saturated rings. The molecule has 0 saturated carbocycles. The molecule has 1 aliphatic rings. The van der Waals surface area contributed by atoms with Gasteiger partial charge in [0, 0.05) is 4.47 Å². The molecule has 0 saturated heterocycles. The number of carbonyl (C=O) groups excluding carboxylic acids is 1. The molecule has 1 atom stereocenters. The second-order valence-corrected chi connectivity index (χ2v) is 8.58. The average Bonchev–Trinajstić information content (AvgIpc) is 3.09. The molecule has 2 aromatic carbocycles. The van der Waals surface area contributed by atoms with Crippen molar-refractivity contribution in [3.8, 4) is 0 Å². The molecule has 4 rings (SSSR count). The third-order valence-electron chi connectivity index (χ3n) is 4.96. The first kappa shape index (κ1) is 20.5. The van der Waals surface area contributed by atoms with Gasteiger partial charge in [0.2, 0.25) is 0 Å². The Bertz CT molecular complexity index is 1320. The number of benzene rings is 2. The highest BCUT2D eigenvalue weighted by Gasteiger charge is 2.33. The summed E-state index contributed by atoms with van der Waals surface area (Å²) in [6.45, 7) is 1.94. The number of allylic oxidation sites excluding steroid dienone is 1. The number of fused-ring (bicyclic) bond motifs is 1. The fraction of sp³-hybridized carbons (Fsp3) is 0.174. The summed E-state index contributed by atoms with van der Waals surface area (Å²) in [6, 6.07) is 16.7. The van der Waals surface area contributed by atoms with Crippen LogP contribution in [0.15, 0.2) is 80.1 Å². The number of ether oxygens (including phenoxy) is 1. The van der Waals surface area contributed by atoms with Crippen LogP contribution in [0.5, 0.6) is 0 Å². The highest BCUT2D eigenvalue weighted by atomic mass is 79.9. The third-order valence-corrected chi connectivity index (χ3v) is 6.66. The van der Waals surface area contributed by atoms with E-state index in [1.807, 2.05) is 67.6 Å². The molecule has 30 heavy (non-hydrogen) atoms. The molecular formula is C23H19BrN2O3S. The maximum atomic E-state index is 13.5. The summed E-state index contributed by atoms with van der Waals surface area (Å²) in [5.41, 5.74) is 2.62. The Hall–Kier alpha value is -2.77. The molecule has 152 valence electrons. The lowest BCUT2D eigenvalue weighted by molar-refractivity contribution is -0.136. The monoisotopic (exact) mass is 482 g/mol. The van der Waals surface area contributed by atoms with Gasteiger partial charge in [0.05, 0.1) is 29.0 Å². The van der Waals surface area contributed by atoms with Crippen molar-refractivity contribution in [1.29, 1.82) is 0 Å². The Morgan fingerprint density at radius 3 is 2.57 bits per heavy atom. The number of carbonyl (C=O) groups is 1. The summed E-state index contributed by atoms with van der Waals surface area (Å²) in [6.07, 6.45) is 2.41. The predicted octanol–water partition coefficient (Wildman–Crippen LogP) is 3.56. The zero-order valence-corrected chi connectivity index (χ0v) is 18.9. The van der Waals surface area contributed by atoms with E-state index in [9.17, 15) is 9.59 Å². The van der Waals surface area contributed by atoms with Gasteiger partial charge in [-0.1, -0.05) is 82.7 Å². The molecule has 0 radical (unpaired) electrons. The lowest BCUT2D eigenvalue weighted by Gasteiger charge is -2.25. The molecule has 3 aromatic rings. The Balaban J connectivity index is 2.02. The first-order chi connectivity index (χ1) is 14.5. The largest absolute Gasteiger partial charge is 0.466 e. The number of thiazole rings is 1.